The summed E-state index contributed by atoms with van der Waals surface area (Å²) < 4.78 is 0.866. The number of carbonyl (C=O) groups is 1. The molecular formula is C11H14BrClN4O. The molecule has 0 fully saturated rings. The fourth-order valence-corrected chi connectivity index (χ4v) is 2.29. The summed E-state index contributed by atoms with van der Waals surface area (Å²) in [4.78, 5) is 15.3. The largest absolute Gasteiger partial charge is 0.370 e. The molecule has 7 heteroatoms. The summed E-state index contributed by atoms with van der Waals surface area (Å²) in [6.45, 7) is 1.98. The van der Waals surface area contributed by atoms with Crippen molar-refractivity contribution < 1.29 is 4.79 Å². The summed E-state index contributed by atoms with van der Waals surface area (Å²) in [5.41, 5.74) is 6.90. The number of benzene rings is 1. The fourth-order valence-electron chi connectivity index (χ4n) is 1.36. The number of nitrogens with two attached hydrogens (primary N) is 1. The van der Waals surface area contributed by atoms with Crippen LogP contribution in [-0.2, 0) is 6.42 Å². The number of anilines is 1. The Kier molecular flexibility index (Phi) is 5.43. The highest BCUT2D eigenvalue weighted by Crippen LogP contribution is 2.30. The predicted octanol–water partition coefficient (Wildman–Crippen LogP) is 2.73. The van der Waals surface area contributed by atoms with Gasteiger partial charge in [-0.1, -0.05) is 34.5 Å². The van der Waals surface area contributed by atoms with E-state index in [1.165, 1.54) is 7.05 Å². The topological polar surface area (TPSA) is 79.5 Å². The zero-order valence-electron chi connectivity index (χ0n) is 10.1. The van der Waals surface area contributed by atoms with Gasteiger partial charge in [0.25, 0.3) is 0 Å². The summed E-state index contributed by atoms with van der Waals surface area (Å²) in [6.07, 6.45) is 0.742. The number of hydrogen-bond acceptors (Lipinski definition) is 2. The molecule has 4 N–H and O–H groups in total. The van der Waals surface area contributed by atoms with E-state index in [2.05, 4.69) is 31.6 Å². The van der Waals surface area contributed by atoms with Gasteiger partial charge in [0.15, 0.2) is 5.96 Å². The summed E-state index contributed by atoms with van der Waals surface area (Å²) >= 11 is 9.45. The van der Waals surface area contributed by atoms with Crippen molar-refractivity contribution in [3.8, 4) is 0 Å². The van der Waals surface area contributed by atoms with Crippen molar-refractivity contribution in [3.05, 3.63) is 27.2 Å². The standard InChI is InChI=1S/C11H14BrClN4O/c1-3-6-4-7(12)5-8(13)9(6)16-11(18)17-10(14)15-2/h4-5H,3H2,1-2H3,(H4,14,15,16,17,18). The molecule has 0 aromatic heterocycles. The van der Waals surface area contributed by atoms with Gasteiger partial charge in [0.1, 0.15) is 0 Å². The fraction of sp³-hybridized carbons (Fsp3) is 0.273. The van der Waals surface area contributed by atoms with Gasteiger partial charge < -0.3 is 11.1 Å². The minimum atomic E-state index is -0.475. The summed E-state index contributed by atoms with van der Waals surface area (Å²) in [6, 6.07) is 3.14. The van der Waals surface area contributed by atoms with E-state index in [0.29, 0.717) is 10.7 Å². The van der Waals surface area contributed by atoms with E-state index in [4.69, 9.17) is 17.3 Å². The Bertz CT molecular complexity index is 490. The Labute approximate surface area is 119 Å². The quantitative estimate of drug-likeness (QED) is 0.574. The average Bonchev–Trinajstić information content (AvgIpc) is 2.31. The van der Waals surface area contributed by atoms with E-state index in [1.807, 2.05) is 13.0 Å². The molecule has 0 aliphatic carbocycles. The van der Waals surface area contributed by atoms with Gasteiger partial charge in [-0.05, 0) is 24.1 Å². The minimum absolute atomic E-state index is 0.0405. The molecule has 1 aromatic carbocycles. The molecular weight excluding hydrogens is 320 g/mol. The van der Waals surface area contributed by atoms with Crippen molar-refractivity contribution in [1.82, 2.24) is 5.32 Å². The van der Waals surface area contributed by atoms with Crippen LogP contribution in [0, 0.1) is 0 Å². The smallest absolute Gasteiger partial charge is 0.326 e. The zero-order valence-corrected chi connectivity index (χ0v) is 12.4. The monoisotopic (exact) mass is 332 g/mol. The first kappa shape index (κ1) is 14.8. The molecule has 0 radical (unpaired) electrons. The maximum Gasteiger partial charge on any atom is 0.326 e. The van der Waals surface area contributed by atoms with E-state index in [0.717, 1.165) is 16.5 Å². The number of nitrogens with zero attached hydrogens (tertiary/aromatic N) is 1. The Morgan fingerprint density at radius 1 is 1.56 bits per heavy atom. The van der Waals surface area contributed by atoms with E-state index in [-0.39, 0.29) is 5.96 Å². The number of nitrogens with one attached hydrogen (secondary N) is 2. The Morgan fingerprint density at radius 2 is 2.22 bits per heavy atom. The molecule has 0 unspecified atom stereocenters. The van der Waals surface area contributed by atoms with E-state index >= 15 is 0 Å². The SMILES string of the molecule is CCc1cc(Br)cc(Cl)c1NC(=O)NC(N)=NC. The number of amides is 2. The summed E-state index contributed by atoms with van der Waals surface area (Å²) in [7, 11) is 1.49. The van der Waals surface area contributed by atoms with Gasteiger partial charge in [0.05, 0.1) is 10.7 Å². The van der Waals surface area contributed by atoms with Gasteiger partial charge in [0, 0.05) is 11.5 Å². The number of rotatable bonds is 2. The molecule has 0 bridgehead atoms. The van der Waals surface area contributed by atoms with Gasteiger partial charge >= 0.3 is 6.03 Å². The normalized spacial score (nSPS) is 11.2. The van der Waals surface area contributed by atoms with Crippen molar-refractivity contribution in [2.75, 3.05) is 12.4 Å². The Balaban J connectivity index is 2.93. The maximum absolute atomic E-state index is 11.6. The lowest BCUT2D eigenvalue weighted by Crippen LogP contribution is -2.39. The summed E-state index contributed by atoms with van der Waals surface area (Å²) in [5, 5.41) is 5.50. The third-order valence-corrected chi connectivity index (χ3v) is 2.99. The van der Waals surface area contributed by atoms with E-state index in [9.17, 15) is 4.79 Å². The molecule has 0 aliphatic rings. The lowest BCUT2D eigenvalue weighted by Gasteiger charge is -2.13. The second-order valence-electron chi connectivity index (χ2n) is 3.46. The highest BCUT2D eigenvalue weighted by molar-refractivity contribution is 9.10. The predicted molar refractivity (Wildman–Crippen MR) is 78.2 cm³/mol. The average molecular weight is 334 g/mol. The van der Waals surface area contributed by atoms with E-state index in [1.54, 1.807) is 6.07 Å². The molecule has 0 heterocycles. The number of aliphatic imine (C=N–C) groups is 1. The second-order valence-corrected chi connectivity index (χ2v) is 4.79. The van der Waals surface area contributed by atoms with Crippen molar-refractivity contribution in [1.29, 1.82) is 0 Å². The van der Waals surface area contributed by atoms with Crippen LogP contribution in [0.3, 0.4) is 0 Å². The zero-order chi connectivity index (χ0) is 13.7. The summed E-state index contributed by atoms with van der Waals surface area (Å²) in [5.74, 6) is 0.0405. The van der Waals surface area contributed by atoms with Crippen LogP contribution >= 0.6 is 27.5 Å². The van der Waals surface area contributed by atoms with Crippen LogP contribution in [0.4, 0.5) is 10.5 Å². The molecule has 0 saturated heterocycles. The highest BCUT2D eigenvalue weighted by atomic mass is 79.9. The van der Waals surface area contributed by atoms with Crippen LogP contribution in [0.15, 0.2) is 21.6 Å². The first-order valence-corrected chi connectivity index (χ1v) is 6.43. The van der Waals surface area contributed by atoms with Gasteiger partial charge in [-0.15, -0.1) is 0 Å². The number of aryl methyl sites for hydroxylation is 1. The first-order valence-electron chi connectivity index (χ1n) is 5.26. The number of halogens is 2. The molecule has 0 saturated carbocycles. The number of urea groups is 1. The van der Waals surface area contributed by atoms with Gasteiger partial charge in [-0.25, -0.2) is 4.79 Å². The maximum atomic E-state index is 11.6. The molecule has 1 aromatic rings. The number of guanidine groups is 1. The number of carbonyl (C=O) groups excluding carboxylic acids is 1. The molecule has 0 spiro atoms. The molecule has 2 amide bonds. The molecule has 18 heavy (non-hydrogen) atoms. The minimum Gasteiger partial charge on any atom is -0.370 e. The highest BCUT2D eigenvalue weighted by Gasteiger charge is 2.11. The van der Waals surface area contributed by atoms with Crippen LogP contribution in [0.25, 0.3) is 0 Å². The molecule has 0 atom stereocenters. The molecule has 98 valence electrons. The lowest BCUT2D eigenvalue weighted by atomic mass is 10.1. The van der Waals surface area contributed by atoms with Crippen LogP contribution < -0.4 is 16.4 Å². The lowest BCUT2D eigenvalue weighted by molar-refractivity contribution is 0.256. The van der Waals surface area contributed by atoms with Gasteiger partial charge in [-0.3, -0.25) is 10.3 Å². The Morgan fingerprint density at radius 3 is 2.78 bits per heavy atom. The third-order valence-electron chi connectivity index (χ3n) is 2.24. The van der Waals surface area contributed by atoms with Gasteiger partial charge in [-0.2, -0.15) is 0 Å². The van der Waals surface area contributed by atoms with Crippen molar-refractivity contribution in [3.63, 3.8) is 0 Å². The van der Waals surface area contributed by atoms with Crippen LogP contribution in [0.1, 0.15) is 12.5 Å². The van der Waals surface area contributed by atoms with Crippen molar-refractivity contribution >= 4 is 45.2 Å². The van der Waals surface area contributed by atoms with Crippen molar-refractivity contribution in [2.45, 2.75) is 13.3 Å². The van der Waals surface area contributed by atoms with Crippen molar-refractivity contribution in [2.24, 2.45) is 10.7 Å². The Hall–Kier alpha value is -1.27. The van der Waals surface area contributed by atoms with Crippen LogP contribution in [-0.4, -0.2) is 19.0 Å². The third kappa shape index (κ3) is 3.89. The second kappa shape index (κ2) is 6.61. The van der Waals surface area contributed by atoms with E-state index < -0.39 is 6.03 Å². The van der Waals surface area contributed by atoms with Gasteiger partial charge in [0.2, 0.25) is 0 Å². The number of hydrogen-bond donors (Lipinski definition) is 3. The van der Waals surface area contributed by atoms with Crippen LogP contribution in [0.2, 0.25) is 5.02 Å². The molecule has 5 nitrogen and oxygen atoms in total. The molecule has 1 rings (SSSR count). The molecule has 0 aliphatic heterocycles. The first-order chi connectivity index (χ1) is 8.47. The van der Waals surface area contributed by atoms with Crippen LogP contribution in [0.5, 0.6) is 0 Å².